The Kier molecular flexibility index (Phi) is 14.5. The Bertz CT molecular complexity index is 202. The van der Waals surface area contributed by atoms with Crippen LogP contribution < -0.4 is 17.2 Å². The molecule has 2 unspecified atom stereocenters. The largest absolute Gasteiger partial charge is 0.377 e. The molecule has 0 spiro atoms. The van der Waals surface area contributed by atoms with Gasteiger partial charge in [-0.1, -0.05) is 0 Å². The molecule has 0 aromatic carbocycles. The lowest BCUT2D eigenvalue weighted by Crippen LogP contribution is -2.39. The molecule has 0 radical (unpaired) electrons. The van der Waals surface area contributed by atoms with E-state index in [0.29, 0.717) is 19.6 Å². The Labute approximate surface area is 130 Å². The van der Waals surface area contributed by atoms with Gasteiger partial charge in [0.05, 0.1) is 12.2 Å². The number of hydrogen-bond acceptors (Lipinski definition) is 6. The first-order chi connectivity index (χ1) is 10.1. The van der Waals surface area contributed by atoms with E-state index in [-0.39, 0.29) is 12.2 Å². The van der Waals surface area contributed by atoms with E-state index in [2.05, 4.69) is 18.7 Å². The molecule has 6 N–H and O–H groups in total. The summed E-state index contributed by atoms with van der Waals surface area (Å²) < 4.78 is 11.5. The Morgan fingerprint density at radius 1 is 0.762 bits per heavy atom. The van der Waals surface area contributed by atoms with Crippen molar-refractivity contribution >= 4 is 0 Å². The first-order valence-electron chi connectivity index (χ1n) is 8.19. The Morgan fingerprint density at radius 2 is 1.19 bits per heavy atom. The van der Waals surface area contributed by atoms with Gasteiger partial charge in [0.2, 0.25) is 0 Å². The fourth-order valence-corrected chi connectivity index (χ4v) is 2.14. The van der Waals surface area contributed by atoms with Crippen LogP contribution in [0.3, 0.4) is 0 Å². The average molecular weight is 304 g/mol. The van der Waals surface area contributed by atoms with Crippen molar-refractivity contribution in [2.75, 3.05) is 52.5 Å². The van der Waals surface area contributed by atoms with Gasteiger partial charge in [-0.05, 0) is 59.3 Å². The van der Waals surface area contributed by atoms with Crippen molar-refractivity contribution in [3.63, 3.8) is 0 Å². The summed E-state index contributed by atoms with van der Waals surface area (Å²) in [4.78, 5) is 2.37. The second-order valence-corrected chi connectivity index (χ2v) is 5.55. The summed E-state index contributed by atoms with van der Waals surface area (Å²) >= 11 is 0. The van der Waals surface area contributed by atoms with Crippen molar-refractivity contribution in [1.82, 2.24) is 4.90 Å². The molecule has 0 rings (SSSR count). The molecule has 0 bridgehead atoms. The van der Waals surface area contributed by atoms with E-state index < -0.39 is 0 Å². The Balaban J connectivity index is 4.04. The van der Waals surface area contributed by atoms with Crippen LogP contribution >= 0.6 is 0 Å². The summed E-state index contributed by atoms with van der Waals surface area (Å²) in [7, 11) is 0. The Morgan fingerprint density at radius 3 is 1.57 bits per heavy atom. The summed E-state index contributed by atoms with van der Waals surface area (Å²) in [5, 5.41) is 0. The molecule has 0 aromatic rings. The highest BCUT2D eigenvalue weighted by Crippen LogP contribution is 2.03. The van der Waals surface area contributed by atoms with Crippen LogP contribution in [0.25, 0.3) is 0 Å². The molecular weight excluding hydrogens is 268 g/mol. The third kappa shape index (κ3) is 13.2. The van der Waals surface area contributed by atoms with Gasteiger partial charge in [-0.25, -0.2) is 0 Å². The van der Waals surface area contributed by atoms with Gasteiger partial charge in [-0.3, -0.25) is 4.90 Å². The minimum absolute atomic E-state index is 0.200. The van der Waals surface area contributed by atoms with Crippen LogP contribution in [0.1, 0.15) is 33.1 Å². The molecular formula is C15H36N4O2. The fourth-order valence-electron chi connectivity index (χ4n) is 2.14. The van der Waals surface area contributed by atoms with Crippen LogP contribution in [-0.2, 0) is 9.47 Å². The molecule has 0 aliphatic carbocycles. The molecule has 2 atom stereocenters. The van der Waals surface area contributed by atoms with Gasteiger partial charge in [0.25, 0.3) is 0 Å². The molecule has 0 fully saturated rings. The minimum atomic E-state index is 0.200. The first kappa shape index (κ1) is 20.8. The predicted octanol–water partition coefficient (Wildman–Crippen LogP) is 0.145. The smallest absolute Gasteiger partial charge is 0.0673 e. The fraction of sp³-hybridized carbons (Fsp3) is 1.00. The molecule has 0 aliphatic rings. The summed E-state index contributed by atoms with van der Waals surface area (Å²) in [6.07, 6.45) is 3.21. The highest BCUT2D eigenvalue weighted by Gasteiger charge is 2.14. The maximum Gasteiger partial charge on any atom is 0.0673 e. The summed E-state index contributed by atoms with van der Waals surface area (Å²) in [5.41, 5.74) is 16.6. The van der Waals surface area contributed by atoms with Crippen molar-refractivity contribution in [1.29, 1.82) is 0 Å². The van der Waals surface area contributed by atoms with Crippen LogP contribution in [-0.4, -0.2) is 69.6 Å². The maximum atomic E-state index is 5.76. The number of rotatable bonds is 15. The Hall–Kier alpha value is -0.240. The highest BCUT2D eigenvalue weighted by molar-refractivity contribution is 4.67. The zero-order chi connectivity index (χ0) is 15.9. The molecule has 0 aromatic heterocycles. The van der Waals surface area contributed by atoms with E-state index in [0.717, 1.165) is 52.1 Å². The number of nitrogens with zero attached hydrogens (tertiary/aromatic N) is 1. The van der Waals surface area contributed by atoms with Crippen molar-refractivity contribution in [3.05, 3.63) is 0 Å². The molecule has 6 nitrogen and oxygen atoms in total. The van der Waals surface area contributed by atoms with Crippen molar-refractivity contribution in [2.45, 2.75) is 45.3 Å². The third-order valence-electron chi connectivity index (χ3n) is 3.21. The quantitative estimate of drug-likeness (QED) is 0.372. The first-order valence-corrected chi connectivity index (χ1v) is 8.19. The van der Waals surface area contributed by atoms with E-state index in [1.165, 1.54) is 0 Å². The molecule has 0 aliphatic heterocycles. The monoisotopic (exact) mass is 304 g/mol. The standard InChI is InChI=1S/C15H36N4O2/c1-14(20-10-4-7-17)12-19(9-3-6-16)13-15(2)21-11-5-8-18/h14-15H,3-13,16-18H2,1-2H3. The van der Waals surface area contributed by atoms with Gasteiger partial charge < -0.3 is 26.7 Å². The second-order valence-electron chi connectivity index (χ2n) is 5.55. The molecule has 0 amide bonds. The lowest BCUT2D eigenvalue weighted by atomic mass is 10.2. The number of hydrogen-bond donors (Lipinski definition) is 3. The molecule has 6 heteroatoms. The summed E-state index contributed by atoms with van der Waals surface area (Å²) in [5.74, 6) is 0. The lowest BCUT2D eigenvalue weighted by molar-refractivity contribution is 0.00552. The van der Waals surface area contributed by atoms with Crippen molar-refractivity contribution in [3.8, 4) is 0 Å². The van der Waals surface area contributed by atoms with Crippen LogP contribution in [0.2, 0.25) is 0 Å². The molecule has 0 saturated carbocycles. The number of nitrogens with two attached hydrogens (primary N) is 3. The second kappa shape index (κ2) is 14.7. The van der Waals surface area contributed by atoms with E-state index in [9.17, 15) is 0 Å². The van der Waals surface area contributed by atoms with Gasteiger partial charge in [0.15, 0.2) is 0 Å². The van der Waals surface area contributed by atoms with Crippen LogP contribution in [0.4, 0.5) is 0 Å². The average Bonchev–Trinajstić information content (AvgIpc) is 2.45. The molecule has 0 saturated heterocycles. The van der Waals surface area contributed by atoms with Crippen LogP contribution in [0, 0.1) is 0 Å². The third-order valence-corrected chi connectivity index (χ3v) is 3.21. The normalized spacial score (nSPS) is 14.6. The van der Waals surface area contributed by atoms with Gasteiger partial charge in [-0.15, -0.1) is 0 Å². The van der Waals surface area contributed by atoms with Gasteiger partial charge in [0.1, 0.15) is 0 Å². The molecule has 21 heavy (non-hydrogen) atoms. The maximum absolute atomic E-state index is 5.76. The topological polar surface area (TPSA) is 99.8 Å². The number of ether oxygens (including phenoxy) is 2. The van der Waals surface area contributed by atoms with E-state index in [1.54, 1.807) is 0 Å². The molecule has 128 valence electrons. The van der Waals surface area contributed by atoms with Gasteiger partial charge in [0, 0.05) is 26.3 Å². The van der Waals surface area contributed by atoms with Crippen LogP contribution in [0.15, 0.2) is 0 Å². The SMILES string of the molecule is CC(CN(CCCN)CC(C)OCCCN)OCCCN. The zero-order valence-corrected chi connectivity index (χ0v) is 13.9. The summed E-state index contributed by atoms with van der Waals surface area (Å²) in [6.45, 7) is 10.5. The minimum Gasteiger partial charge on any atom is -0.377 e. The zero-order valence-electron chi connectivity index (χ0n) is 13.9. The highest BCUT2D eigenvalue weighted by atomic mass is 16.5. The van der Waals surface area contributed by atoms with E-state index in [1.807, 2.05) is 0 Å². The summed E-state index contributed by atoms with van der Waals surface area (Å²) in [6, 6.07) is 0. The predicted molar refractivity (Wildman–Crippen MR) is 88.3 cm³/mol. The van der Waals surface area contributed by atoms with Gasteiger partial charge in [-0.2, -0.15) is 0 Å². The lowest BCUT2D eigenvalue weighted by Gasteiger charge is -2.28. The van der Waals surface area contributed by atoms with Gasteiger partial charge >= 0.3 is 0 Å². The van der Waals surface area contributed by atoms with Crippen LogP contribution in [0.5, 0.6) is 0 Å². The molecule has 0 heterocycles. The van der Waals surface area contributed by atoms with Crippen molar-refractivity contribution < 1.29 is 9.47 Å². The van der Waals surface area contributed by atoms with E-state index in [4.69, 9.17) is 26.7 Å². The van der Waals surface area contributed by atoms with Crippen molar-refractivity contribution in [2.24, 2.45) is 17.2 Å². The van der Waals surface area contributed by atoms with E-state index >= 15 is 0 Å².